The second-order valence-electron chi connectivity index (χ2n) is 4.92. The minimum Gasteiger partial charge on any atom is -0.259 e. The summed E-state index contributed by atoms with van der Waals surface area (Å²) >= 11 is 0. The maximum Gasteiger partial charge on any atom is 0.0968 e. The molecule has 1 heterocycles. The number of nitrogens with zero attached hydrogens (tertiary/aromatic N) is 2. The van der Waals surface area contributed by atoms with E-state index in [2.05, 4.69) is 54.4 Å². The van der Waals surface area contributed by atoms with Crippen LogP contribution in [0.4, 0.5) is 0 Å². The first-order valence-electron chi connectivity index (χ1n) is 7.32. The van der Waals surface area contributed by atoms with Gasteiger partial charge in [-0.2, -0.15) is 0 Å². The van der Waals surface area contributed by atoms with Crippen LogP contribution in [0.1, 0.15) is 26.0 Å². The van der Waals surface area contributed by atoms with Gasteiger partial charge in [0.25, 0.3) is 0 Å². The minimum atomic E-state index is 0.919. The van der Waals surface area contributed by atoms with Crippen LogP contribution >= 0.6 is 0 Å². The Hall–Kier alpha value is -2.48. The second-order valence-corrected chi connectivity index (χ2v) is 4.92. The molecule has 21 heavy (non-hydrogen) atoms. The van der Waals surface area contributed by atoms with Crippen LogP contribution in [0.25, 0.3) is 27.4 Å². The van der Waals surface area contributed by atoms with Crippen molar-refractivity contribution in [1.29, 1.82) is 0 Å². The Morgan fingerprint density at radius 3 is 2.38 bits per heavy atom. The summed E-state index contributed by atoms with van der Waals surface area (Å²) in [5.41, 5.74) is 2.90. The fraction of sp³-hybridized carbons (Fsp3) is 0.158. The number of benzene rings is 2. The van der Waals surface area contributed by atoms with Gasteiger partial charge in [0.05, 0.1) is 16.9 Å². The van der Waals surface area contributed by atoms with E-state index in [9.17, 15) is 0 Å². The van der Waals surface area contributed by atoms with Crippen molar-refractivity contribution in [1.82, 2.24) is 4.98 Å². The lowest BCUT2D eigenvalue weighted by atomic mass is 10.0. The molecule has 0 aliphatic carbocycles. The molecule has 0 atom stereocenters. The van der Waals surface area contributed by atoms with Gasteiger partial charge >= 0.3 is 0 Å². The number of fused-ring (bicyclic) bond motifs is 3. The maximum absolute atomic E-state index is 4.85. The Labute approximate surface area is 124 Å². The van der Waals surface area contributed by atoms with Crippen molar-refractivity contribution in [3.05, 3.63) is 60.3 Å². The highest BCUT2D eigenvalue weighted by atomic mass is 14.8. The molecule has 2 aromatic carbocycles. The first-order valence-corrected chi connectivity index (χ1v) is 7.32. The molecule has 104 valence electrons. The van der Waals surface area contributed by atoms with E-state index in [1.54, 1.807) is 0 Å². The van der Waals surface area contributed by atoms with Crippen LogP contribution in [0, 0.1) is 0 Å². The molecule has 0 saturated carbocycles. The van der Waals surface area contributed by atoms with Gasteiger partial charge in [0.1, 0.15) is 0 Å². The van der Waals surface area contributed by atoms with Crippen molar-refractivity contribution in [2.45, 2.75) is 20.3 Å². The summed E-state index contributed by atoms with van der Waals surface area (Å²) in [5, 5.41) is 3.56. The Kier molecular flexibility index (Phi) is 3.78. The van der Waals surface area contributed by atoms with Crippen molar-refractivity contribution in [2.75, 3.05) is 0 Å². The highest BCUT2D eigenvalue weighted by Crippen LogP contribution is 2.30. The van der Waals surface area contributed by atoms with Crippen LogP contribution in [0.5, 0.6) is 0 Å². The summed E-state index contributed by atoms with van der Waals surface area (Å²) in [6.07, 6.45) is 4.87. The molecule has 0 fully saturated rings. The molecule has 0 radical (unpaired) electrons. The molecular weight excluding hydrogens is 256 g/mol. The molecule has 3 rings (SSSR count). The number of aromatic nitrogens is 1. The number of pyridine rings is 1. The van der Waals surface area contributed by atoms with Crippen LogP contribution < -0.4 is 0 Å². The van der Waals surface area contributed by atoms with Gasteiger partial charge in [-0.25, -0.2) is 4.98 Å². The van der Waals surface area contributed by atoms with E-state index in [0.717, 1.165) is 28.7 Å². The van der Waals surface area contributed by atoms with Crippen LogP contribution in [0.2, 0.25) is 0 Å². The van der Waals surface area contributed by atoms with E-state index in [4.69, 9.17) is 4.98 Å². The average molecular weight is 274 g/mol. The molecule has 0 aliphatic heterocycles. The lowest BCUT2D eigenvalue weighted by Crippen LogP contribution is -1.92. The highest BCUT2D eigenvalue weighted by molar-refractivity contribution is 6.09. The molecule has 0 N–H and O–H groups in total. The number of allylic oxidation sites excluding steroid dienone is 1. The van der Waals surface area contributed by atoms with Crippen LogP contribution in [-0.4, -0.2) is 11.2 Å². The molecule has 0 aliphatic rings. The van der Waals surface area contributed by atoms with E-state index in [1.807, 2.05) is 25.3 Å². The molecule has 0 saturated heterocycles. The Balaban J connectivity index is 2.37. The third kappa shape index (κ3) is 2.45. The molecule has 0 bridgehead atoms. The monoisotopic (exact) mass is 274 g/mol. The van der Waals surface area contributed by atoms with Crippen molar-refractivity contribution < 1.29 is 0 Å². The van der Waals surface area contributed by atoms with Crippen LogP contribution in [0.3, 0.4) is 0 Å². The molecule has 2 heteroatoms. The van der Waals surface area contributed by atoms with E-state index in [-0.39, 0.29) is 0 Å². The van der Waals surface area contributed by atoms with Gasteiger partial charge in [0.15, 0.2) is 0 Å². The number of hydrogen-bond acceptors (Lipinski definition) is 2. The molecule has 0 amide bonds. The first kappa shape index (κ1) is 13.5. The summed E-state index contributed by atoms with van der Waals surface area (Å²) < 4.78 is 0. The van der Waals surface area contributed by atoms with E-state index < -0.39 is 0 Å². The van der Waals surface area contributed by atoms with Crippen molar-refractivity contribution in [2.24, 2.45) is 4.99 Å². The molecule has 3 aromatic rings. The average Bonchev–Trinajstić information content (AvgIpc) is 2.55. The zero-order chi connectivity index (χ0) is 14.7. The van der Waals surface area contributed by atoms with E-state index >= 15 is 0 Å². The second kappa shape index (κ2) is 5.88. The number of para-hydroxylation sites is 1. The zero-order valence-electron chi connectivity index (χ0n) is 12.4. The van der Waals surface area contributed by atoms with Gasteiger partial charge in [-0.15, -0.1) is 0 Å². The SMILES string of the molecule is C/C=C(\N=C/CC)c1nc2ccccc2c2ccccc12. The lowest BCUT2D eigenvalue weighted by Gasteiger charge is -2.09. The Bertz CT molecular complexity index is 844. The number of aliphatic imine (C=N–C) groups is 1. The fourth-order valence-corrected chi connectivity index (χ4v) is 2.56. The molecule has 0 unspecified atom stereocenters. The van der Waals surface area contributed by atoms with Crippen molar-refractivity contribution in [3.63, 3.8) is 0 Å². The van der Waals surface area contributed by atoms with Gasteiger partial charge in [-0.3, -0.25) is 4.99 Å². The van der Waals surface area contributed by atoms with E-state index in [1.165, 1.54) is 10.8 Å². The van der Waals surface area contributed by atoms with Gasteiger partial charge in [-0.05, 0) is 24.8 Å². The Morgan fingerprint density at radius 1 is 1.00 bits per heavy atom. The standard InChI is InChI=1S/C19H18N2/c1-3-13-20-17(4-2)19-16-11-6-5-9-14(16)15-10-7-8-12-18(15)21-19/h4-13H,3H2,1-2H3/b17-4-,20-13-. The van der Waals surface area contributed by atoms with Crippen molar-refractivity contribution >= 4 is 33.6 Å². The summed E-state index contributed by atoms with van der Waals surface area (Å²) in [5.74, 6) is 0. The third-order valence-corrected chi connectivity index (χ3v) is 3.54. The minimum absolute atomic E-state index is 0.919. The molecular formula is C19H18N2. The Morgan fingerprint density at radius 2 is 1.67 bits per heavy atom. The van der Waals surface area contributed by atoms with Gasteiger partial charge in [0, 0.05) is 17.0 Å². The normalized spacial score (nSPS) is 12.6. The van der Waals surface area contributed by atoms with Crippen molar-refractivity contribution in [3.8, 4) is 0 Å². The molecule has 0 spiro atoms. The predicted molar refractivity (Wildman–Crippen MR) is 91.7 cm³/mol. The van der Waals surface area contributed by atoms with Gasteiger partial charge in [-0.1, -0.05) is 55.5 Å². The number of hydrogen-bond donors (Lipinski definition) is 0. The summed E-state index contributed by atoms with van der Waals surface area (Å²) in [6, 6.07) is 16.7. The largest absolute Gasteiger partial charge is 0.259 e. The van der Waals surface area contributed by atoms with Gasteiger partial charge < -0.3 is 0 Å². The number of rotatable bonds is 3. The smallest absolute Gasteiger partial charge is 0.0968 e. The summed E-state index contributed by atoms with van der Waals surface area (Å²) in [7, 11) is 0. The molecule has 1 aromatic heterocycles. The van der Waals surface area contributed by atoms with Gasteiger partial charge in [0.2, 0.25) is 0 Å². The zero-order valence-corrected chi connectivity index (χ0v) is 12.4. The third-order valence-electron chi connectivity index (χ3n) is 3.54. The quantitative estimate of drug-likeness (QED) is 0.474. The summed E-state index contributed by atoms with van der Waals surface area (Å²) in [4.78, 5) is 9.41. The highest BCUT2D eigenvalue weighted by Gasteiger charge is 2.10. The van der Waals surface area contributed by atoms with E-state index in [0.29, 0.717) is 0 Å². The maximum atomic E-state index is 4.85. The topological polar surface area (TPSA) is 25.2 Å². The molecule has 2 nitrogen and oxygen atoms in total. The lowest BCUT2D eigenvalue weighted by molar-refractivity contribution is 1.29. The van der Waals surface area contributed by atoms with Crippen LogP contribution in [-0.2, 0) is 0 Å². The predicted octanol–water partition coefficient (Wildman–Crippen LogP) is 5.23. The fourth-order valence-electron chi connectivity index (χ4n) is 2.56. The first-order chi connectivity index (χ1) is 10.3. The summed E-state index contributed by atoms with van der Waals surface area (Å²) in [6.45, 7) is 4.09. The van der Waals surface area contributed by atoms with Crippen LogP contribution in [0.15, 0.2) is 59.6 Å².